The molecule has 2 aliphatic heterocycles. The van der Waals surface area contributed by atoms with Gasteiger partial charge in [-0.25, -0.2) is 0 Å². The molecule has 3 atom stereocenters. The molecular weight excluding hydrogens is 246 g/mol. The minimum Gasteiger partial charge on any atom is -0.316 e. The molecule has 0 bridgehead atoms. The molecular formula is C17H35N3. The Bertz CT molecular complexity index is 255. The van der Waals surface area contributed by atoms with Gasteiger partial charge in [-0.15, -0.1) is 0 Å². The molecule has 2 aliphatic rings. The zero-order chi connectivity index (χ0) is 14.4. The highest BCUT2D eigenvalue weighted by atomic mass is 15.3. The van der Waals surface area contributed by atoms with Crippen LogP contribution in [0.4, 0.5) is 0 Å². The van der Waals surface area contributed by atoms with Crippen molar-refractivity contribution in [2.24, 2.45) is 11.8 Å². The molecule has 20 heavy (non-hydrogen) atoms. The summed E-state index contributed by atoms with van der Waals surface area (Å²) in [6.45, 7) is 16.0. The summed E-state index contributed by atoms with van der Waals surface area (Å²) in [6.07, 6.45) is 5.49. The van der Waals surface area contributed by atoms with Crippen LogP contribution in [-0.4, -0.2) is 61.7 Å². The van der Waals surface area contributed by atoms with E-state index in [0.717, 1.165) is 17.9 Å². The van der Waals surface area contributed by atoms with Crippen LogP contribution in [0.3, 0.4) is 0 Å². The Morgan fingerprint density at radius 1 is 1.15 bits per heavy atom. The second-order valence-corrected chi connectivity index (χ2v) is 7.01. The zero-order valence-electron chi connectivity index (χ0n) is 13.9. The fraction of sp³-hybridized carbons (Fsp3) is 1.00. The first-order valence-electron chi connectivity index (χ1n) is 8.87. The summed E-state index contributed by atoms with van der Waals surface area (Å²) in [5.41, 5.74) is 0. The van der Waals surface area contributed by atoms with E-state index in [1.54, 1.807) is 0 Å². The van der Waals surface area contributed by atoms with E-state index in [4.69, 9.17) is 0 Å². The maximum Gasteiger partial charge on any atom is 0.0113 e. The Labute approximate surface area is 126 Å². The lowest BCUT2D eigenvalue weighted by molar-refractivity contribution is 0.0937. The van der Waals surface area contributed by atoms with Crippen LogP contribution in [0.25, 0.3) is 0 Å². The van der Waals surface area contributed by atoms with E-state index in [9.17, 15) is 0 Å². The molecule has 0 saturated carbocycles. The number of hydrogen-bond donors (Lipinski definition) is 1. The van der Waals surface area contributed by atoms with Crippen LogP contribution < -0.4 is 5.32 Å². The molecule has 3 unspecified atom stereocenters. The molecule has 1 N–H and O–H groups in total. The van der Waals surface area contributed by atoms with Gasteiger partial charge < -0.3 is 10.2 Å². The first-order chi connectivity index (χ1) is 9.70. The van der Waals surface area contributed by atoms with E-state index in [1.807, 2.05) is 0 Å². The van der Waals surface area contributed by atoms with Gasteiger partial charge in [0.2, 0.25) is 0 Å². The van der Waals surface area contributed by atoms with Crippen molar-refractivity contribution in [3.05, 3.63) is 0 Å². The molecule has 2 heterocycles. The Balaban J connectivity index is 1.63. The van der Waals surface area contributed by atoms with Crippen molar-refractivity contribution in [2.75, 3.05) is 45.8 Å². The van der Waals surface area contributed by atoms with E-state index >= 15 is 0 Å². The molecule has 3 heteroatoms. The molecule has 2 fully saturated rings. The van der Waals surface area contributed by atoms with Crippen LogP contribution in [-0.2, 0) is 0 Å². The monoisotopic (exact) mass is 281 g/mol. The van der Waals surface area contributed by atoms with Crippen LogP contribution >= 0.6 is 0 Å². The van der Waals surface area contributed by atoms with Crippen molar-refractivity contribution in [3.63, 3.8) is 0 Å². The van der Waals surface area contributed by atoms with Gasteiger partial charge in [0.25, 0.3) is 0 Å². The van der Waals surface area contributed by atoms with Crippen LogP contribution in [0.2, 0.25) is 0 Å². The Morgan fingerprint density at radius 3 is 2.50 bits per heavy atom. The van der Waals surface area contributed by atoms with Gasteiger partial charge in [-0.3, -0.25) is 4.90 Å². The highest BCUT2D eigenvalue weighted by Crippen LogP contribution is 2.23. The maximum atomic E-state index is 3.56. The van der Waals surface area contributed by atoms with Crippen LogP contribution in [0.5, 0.6) is 0 Å². The number of piperidine rings is 1. The van der Waals surface area contributed by atoms with Gasteiger partial charge in [0, 0.05) is 32.2 Å². The fourth-order valence-electron chi connectivity index (χ4n) is 3.67. The average Bonchev–Trinajstić information content (AvgIpc) is 2.53. The number of rotatable bonds is 6. The minimum atomic E-state index is 0.768. The molecule has 3 nitrogen and oxygen atoms in total. The molecule has 0 amide bonds. The second-order valence-electron chi connectivity index (χ2n) is 7.01. The summed E-state index contributed by atoms with van der Waals surface area (Å²) in [7, 11) is 0. The summed E-state index contributed by atoms with van der Waals surface area (Å²) in [5.74, 6) is 1.81. The van der Waals surface area contributed by atoms with E-state index in [0.29, 0.717) is 0 Å². The van der Waals surface area contributed by atoms with Gasteiger partial charge in [-0.2, -0.15) is 0 Å². The van der Waals surface area contributed by atoms with Crippen molar-refractivity contribution in [1.29, 1.82) is 0 Å². The van der Waals surface area contributed by atoms with Gasteiger partial charge in [-0.1, -0.05) is 13.8 Å². The van der Waals surface area contributed by atoms with Crippen molar-refractivity contribution in [2.45, 2.75) is 52.5 Å². The fourth-order valence-corrected chi connectivity index (χ4v) is 3.67. The third-order valence-electron chi connectivity index (χ3n) is 5.66. The molecule has 0 radical (unpaired) electrons. The molecule has 0 aromatic rings. The summed E-state index contributed by atoms with van der Waals surface area (Å²) < 4.78 is 0. The largest absolute Gasteiger partial charge is 0.316 e. The maximum absolute atomic E-state index is 3.56. The number of piperazine rings is 1. The summed E-state index contributed by atoms with van der Waals surface area (Å²) in [6, 6.07) is 0.768. The lowest BCUT2D eigenvalue weighted by atomic mass is 9.85. The van der Waals surface area contributed by atoms with Gasteiger partial charge in [0.15, 0.2) is 0 Å². The van der Waals surface area contributed by atoms with Crippen molar-refractivity contribution >= 4 is 0 Å². The molecule has 0 aromatic carbocycles. The van der Waals surface area contributed by atoms with Gasteiger partial charge in [-0.05, 0) is 64.1 Å². The van der Waals surface area contributed by atoms with Crippen LogP contribution in [0, 0.1) is 11.8 Å². The van der Waals surface area contributed by atoms with Gasteiger partial charge in [0.1, 0.15) is 0 Å². The first-order valence-corrected chi connectivity index (χ1v) is 8.87. The molecule has 2 rings (SSSR count). The average molecular weight is 281 g/mol. The Hall–Kier alpha value is -0.120. The third-order valence-corrected chi connectivity index (χ3v) is 5.66. The van der Waals surface area contributed by atoms with Gasteiger partial charge in [0.05, 0.1) is 0 Å². The van der Waals surface area contributed by atoms with E-state index in [2.05, 4.69) is 35.9 Å². The molecule has 0 spiro atoms. The molecule has 118 valence electrons. The lowest BCUT2D eigenvalue weighted by Crippen LogP contribution is -2.49. The number of hydrogen-bond acceptors (Lipinski definition) is 3. The minimum absolute atomic E-state index is 0.768. The van der Waals surface area contributed by atoms with Gasteiger partial charge >= 0.3 is 0 Å². The Morgan fingerprint density at radius 2 is 1.90 bits per heavy atom. The SMILES string of the molecule is CCC(C)N1CCN(CCC(C)C2CCCNC2)CC1. The van der Waals surface area contributed by atoms with Crippen molar-refractivity contribution < 1.29 is 0 Å². The Kier molecular flexibility index (Phi) is 6.79. The van der Waals surface area contributed by atoms with Crippen LogP contribution in [0.15, 0.2) is 0 Å². The molecule has 0 aliphatic carbocycles. The summed E-state index contributed by atoms with van der Waals surface area (Å²) in [5, 5.41) is 3.56. The van der Waals surface area contributed by atoms with E-state index < -0.39 is 0 Å². The quantitative estimate of drug-likeness (QED) is 0.807. The normalized spacial score (nSPS) is 29.2. The van der Waals surface area contributed by atoms with Crippen molar-refractivity contribution in [3.8, 4) is 0 Å². The van der Waals surface area contributed by atoms with Crippen molar-refractivity contribution in [1.82, 2.24) is 15.1 Å². The third kappa shape index (κ3) is 4.71. The lowest BCUT2D eigenvalue weighted by Gasteiger charge is -2.38. The number of nitrogens with one attached hydrogen (secondary N) is 1. The first kappa shape index (κ1) is 16.3. The molecule has 2 saturated heterocycles. The highest BCUT2D eigenvalue weighted by Gasteiger charge is 2.23. The predicted molar refractivity (Wildman–Crippen MR) is 87.1 cm³/mol. The molecule has 0 aromatic heterocycles. The number of nitrogens with zero attached hydrogens (tertiary/aromatic N) is 2. The smallest absolute Gasteiger partial charge is 0.0113 e. The van der Waals surface area contributed by atoms with E-state index in [1.165, 1.54) is 71.5 Å². The summed E-state index contributed by atoms with van der Waals surface area (Å²) >= 11 is 0. The highest BCUT2D eigenvalue weighted by molar-refractivity contribution is 4.78. The zero-order valence-corrected chi connectivity index (χ0v) is 13.9. The standard InChI is InChI=1S/C17H35N3/c1-4-16(3)20-12-10-19(11-13-20)9-7-15(2)17-6-5-8-18-14-17/h15-18H,4-14H2,1-3H3. The second kappa shape index (κ2) is 8.35. The topological polar surface area (TPSA) is 18.5 Å². The summed E-state index contributed by atoms with van der Waals surface area (Å²) in [4.78, 5) is 5.34. The van der Waals surface area contributed by atoms with Crippen LogP contribution in [0.1, 0.15) is 46.5 Å². The van der Waals surface area contributed by atoms with E-state index in [-0.39, 0.29) is 0 Å². The predicted octanol–water partition coefficient (Wildman–Crippen LogP) is 2.43.